The molecule has 114 valence electrons. The number of aromatic nitrogens is 3. The Morgan fingerprint density at radius 3 is 2.33 bits per heavy atom. The summed E-state index contributed by atoms with van der Waals surface area (Å²) in [4.78, 5) is 4.28. The molecular formula is C14H17F2N3OS. The van der Waals surface area contributed by atoms with Gasteiger partial charge >= 0.3 is 0 Å². The smallest absolute Gasteiger partial charge is 0.259 e. The van der Waals surface area contributed by atoms with Gasteiger partial charge in [-0.3, -0.25) is 13.9 Å². The largest absolute Gasteiger partial charge is 0.265 e. The zero-order chi connectivity index (χ0) is 15.9. The Morgan fingerprint density at radius 1 is 1.24 bits per heavy atom. The number of halogens is 2. The summed E-state index contributed by atoms with van der Waals surface area (Å²) >= 11 is 0. The van der Waals surface area contributed by atoms with Crippen molar-refractivity contribution >= 4 is 10.8 Å². The predicted molar refractivity (Wildman–Crippen MR) is 77.9 cm³/mol. The normalized spacial score (nSPS) is 13.0. The minimum atomic E-state index is -2.55. The topological polar surface area (TPSA) is 47.8 Å². The lowest BCUT2D eigenvalue weighted by molar-refractivity contribution is 0.150. The van der Waals surface area contributed by atoms with Crippen LogP contribution in [0.25, 0.3) is 11.4 Å². The van der Waals surface area contributed by atoms with E-state index in [2.05, 4.69) is 10.1 Å². The van der Waals surface area contributed by atoms with Crippen LogP contribution in [0.5, 0.6) is 0 Å². The Hall–Kier alpha value is -1.63. The molecule has 0 aliphatic carbocycles. The maximum Gasteiger partial charge on any atom is 0.265 e. The third kappa shape index (κ3) is 2.74. The molecule has 7 heteroatoms. The maximum atomic E-state index is 12.9. The van der Waals surface area contributed by atoms with Crippen molar-refractivity contribution in [2.75, 3.05) is 6.26 Å². The van der Waals surface area contributed by atoms with E-state index in [0.29, 0.717) is 22.0 Å². The average Bonchev–Trinajstić information content (AvgIpc) is 2.66. The van der Waals surface area contributed by atoms with E-state index in [-0.39, 0.29) is 11.3 Å². The third-order valence-corrected chi connectivity index (χ3v) is 4.51. The van der Waals surface area contributed by atoms with E-state index in [1.165, 1.54) is 6.07 Å². The number of hydrogen-bond acceptors (Lipinski definition) is 3. The van der Waals surface area contributed by atoms with Crippen LogP contribution in [-0.4, -0.2) is 25.2 Å². The van der Waals surface area contributed by atoms with Crippen LogP contribution >= 0.6 is 0 Å². The van der Waals surface area contributed by atoms with Crippen molar-refractivity contribution in [3.05, 3.63) is 28.5 Å². The van der Waals surface area contributed by atoms with Gasteiger partial charge in [-0.15, -0.1) is 0 Å². The summed E-state index contributed by atoms with van der Waals surface area (Å²) in [7, 11) is 0.535. The van der Waals surface area contributed by atoms with Crippen LogP contribution in [0.2, 0.25) is 0 Å². The molecule has 4 nitrogen and oxygen atoms in total. The lowest BCUT2D eigenvalue weighted by Crippen LogP contribution is -2.00. The Kier molecular flexibility index (Phi) is 4.22. The standard InChI is InChI=1S/C14H17F2N3OS/c1-7-6-10(13(15)16)9(3)17-11(7)12-8(2)14(21(5)20)19(4)18-12/h6,13H,1-5H3. The summed E-state index contributed by atoms with van der Waals surface area (Å²) in [5.41, 5.74) is 2.76. The lowest BCUT2D eigenvalue weighted by Gasteiger charge is -2.09. The van der Waals surface area contributed by atoms with Crippen LogP contribution in [-0.2, 0) is 17.8 Å². The summed E-state index contributed by atoms with van der Waals surface area (Å²) in [5.74, 6) is 0. The van der Waals surface area contributed by atoms with Crippen molar-refractivity contribution in [1.29, 1.82) is 0 Å². The van der Waals surface area contributed by atoms with Crippen LogP contribution in [0, 0.1) is 20.8 Å². The van der Waals surface area contributed by atoms with Gasteiger partial charge in [0.2, 0.25) is 0 Å². The molecule has 0 aromatic carbocycles. The van der Waals surface area contributed by atoms with Gasteiger partial charge in [-0.25, -0.2) is 8.78 Å². The molecule has 2 aromatic heterocycles. The number of alkyl halides is 2. The van der Waals surface area contributed by atoms with Gasteiger partial charge in [0.15, 0.2) is 0 Å². The lowest BCUT2D eigenvalue weighted by atomic mass is 10.1. The minimum Gasteiger partial charge on any atom is -0.259 e. The number of aryl methyl sites for hydroxylation is 3. The summed E-state index contributed by atoms with van der Waals surface area (Å²) in [6.45, 7) is 5.10. The monoisotopic (exact) mass is 313 g/mol. The minimum absolute atomic E-state index is 0.0656. The number of rotatable bonds is 3. The quantitative estimate of drug-likeness (QED) is 0.875. The fourth-order valence-electron chi connectivity index (χ4n) is 2.43. The first-order valence-electron chi connectivity index (χ1n) is 6.37. The molecule has 0 saturated heterocycles. The fourth-order valence-corrected chi connectivity index (χ4v) is 3.37. The van der Waals surface area contributed by atoms with Gasteiger partial charge in [0.1, 0.15) is 10.7 Å². The van der Waals surface area contributed by atoms with Crippen molar-refractivity contribution < 1.29 is 13.0 Å². The second-order valence-corrected chi connectivity index (χ2v) is 6.28. The van der Waals surface area contributed by atoms with Crippen LogP contribution in [0.15, 0.2) is 11.1 Å². The molecular weight excluding hydrogens is 296 g/mol. The Bertz CT molecular complexity index is 725. The second kappa shape index (κ2) is 5.63. The molecule has 0 amide bonds. The van der Waals surface area contributed by atoms with Crippen molar-refractivity contribution in [2.24, 2.45) is 7.05 Å². The molecule has 0 aliphatic rings. The Labute approximate surface area is 124 Å². The van der Waals surface area contributed by atoms with Gasteiger partial charge < -0.3 is 0 Å². The fraction of sp³-hybridized carbons (Fsp3) is 0.429. The van der Waals surface area contributed by atoms with Crippen LogP contribution in [0.4, 0.5) is 8.78 Å². The number of pyridine rings is 1. The van der Waals surface area contributed by atoms with E-state index in [0.717, 1.165) is 5.56 Å². The highest BCUT2D eigenvalue weighted by Crippen LogP contribution is 2.31. The van der Waals surface area contributed by atoms with Crippen molar-refractivity contribution in [1.82, 2.24) is 14.8 Å². The highest BCUT2D eigenvalue weighted by molar-refractivity contribution is 7.84. The molecule has 2 rings (SSSR count). The molecule has 0 N–H and O–H groups in total. The molecule has 1 unspecified atom stereocenters. The molecule has 0 saturated carbocycles. The van der Waals surface area contributed by atoms with Gasteiger partial charge in [-0.1, -0.05) is 0 Å². The summed E-state index contributed by atoms with van der Waals surface area (Å²) in [5, 5.41) is 4.96. The van der Waals surface area contributed by atoms with Crippen LogP contribution in [0.1, 0.15) is 28.8 Å². The van der Waals surface area contributed by atoms with Crippen LogP contribution < -0.4 is 0 Å². The van der Waals surface area contributed by atoms with Gasteiger partial charge in [0.05, 0.1) is 16.5 Å². The zero-order valence-electron chi connectivity index (χ0n) is 12.6. The van der Waals surface area contributed by atoms with E-state index < -0.39 is 17.2 Å². The van der Waals surface area contributed by atoms with E-state index in [1.54, 1.807) is 31.8 Å². The molecule has 0 aliphatic heterocycles. The van der Waals surface area contributed by atoms with Crippen molar-refractivity contribution in [3.63, 3.8) is 0 Å². The molecule has 1 atom stereocenters. The first kappa shape index (κ1) is 15.8. The van der Waals surface area contributed by atoms with Gasteiger partial charge in [0, 0.05) is 30.1 Å². The highest BCUT2D eigenvalue weighted by atomic mass is 32.2. The van der Waals surface area contributed by atoms with E-state index in [1.807, 2.05) is 6.92 Å². The Balaban J connectivity index is 2.66. The van der Waals surface area contributed by atoms with Gasteiger partial charge in [-0.05, 0) is 32.4 Å². The van der Waals surface area contributed by atoms with E-state index in [4.69, 9.17) is 0 Å². The van der Waals surface area contributed by atoms with Gasteiger partial charge in [-0.2, -0.15) is 5.10 Å². The number of hydrogen-bond donors (Lipinski definition) is 0. The average molecular weight is 313 g/mol. The molecule has 0 fully saturated rings. The summed E-state index contributed by atoms with van der Waals surface area (Å²) in [6.07, 6.45) is -0.965. The maximum absolute atomic E-state index is 12.9. The zero-order valence-corrected chi connectivity index (χ0v) is 13.4. The number of nitrogens with zero attached hydrogens (tertiary/aromatic N) is 3. The van der Waals surface area contributed by atoms with E-state index in [9.17, 15) is 13.0 Å². The first-order valence-corrected chi connectivity index (χ1v) is 7.93. The Morgan fingerprint density at radius 2 is 1.86 bits per heavy atom. The molecule has 0 bridgehead atoms. The van der Waals surface area contributed by atoms with Crippen LogP contribution in [0.3, 0.4) is 0 Å². The molecule has 0 spiro atoms. The second-order valence-electron chi connectivity index (χ2n) is 4.99. The van der Waals surface area contributed by atoms with Crippen molar-refractivity contribution in [3.8, 4) is 11.4 Å². The molecule has 21 heavy (non-hydrogen) atoms. The predicted octanol–water partition coefficient (Wildman–Crippen LogP) is 3.08. The van der Waals surface area contributed by atoms with Crippen molar-refractivity contribution in [2.45, 2.75) is 32.2 Å². The third-order valence-electron chi connectivity index (χ3n) is 3.39. The molecule has 2 aromatic rings. The molecule has 0 radical (unpaired) electrons. The summed E-state index contributed by atoms with van der Waals surface area (Å²) < 4.78 is 39.1. The SMILES string of the molecule is Cc1cc(C(F)F)c(C)nc1-c1nn(C)c(S(C)=O)c1C. The first-order chi connectivity index (χ1) is 9.73. The van der Waals surface area contributed by atoms with Gasteiger partial charge in [0.25, 0.3) is 6.43 Å². The highest BCUT2D eigenvalue weighted by Gasteiger charge is 2.21. The molecule has 2 heterocycles. The summed E-state index contributed by atoms with van der Waals surface area (Å²) in [6, 6.07) is 1.44. The van der Waals surface area contributed by atoms with E-state index >= 15 is 0 Å².